The maximum atomic E-state index is 10.8. The molecule has 0 aliphatic carbocycles. The fourth-order valence-corrected chi connectivity index (χ4v) is 0.458. The van der Waals surface area contributed by atoms with Gasteiger partial charge in [0.1, 0.15) is 0 Å². The van der Waals surface area contributed by atoms with Crippen molar-refractivity contribution >= 4 is 11.8 Å². The second kappa shape index (κ2) is 4.85. The Labute approximate surface area is 65.7 Å². The van der Waals surface area contributed by atoms with E-state index < -0.39 is 12.0 Å². The molecule has 0 fully saturated rings. The van der Waals surface area contributed by atoms with E-state index in [1.807, 2.05) is 6.92 Å². The second-order valence-corrected chi connectivity index (χ2v) is 2.26. The quantitative estimate of drug-likeness (QED) is 0.457. The van der Waals surface area contributed by atoms with Crippen LogP contribution in [0.5, 0.6) is 0 Å². The summed E-state index contributed by atoms with van der Waals surface area (Å²) in [5.41, 5.74) is 5.18. The van der Waals surface area contributed by atoms with Gasteiger partial charge in [-0.2, -0.15) is 0 Å². The molecule has 4 nitrogen and oxygen atoms in total. The van der Waals surface area contributed by atoms with Gasteiger partial charge < -0.3 is 10.5 Å². The van der Waals surface area contributed by atoms with Gasteiger partial charge in [-0.25, -0.2) is 4.79 Å². The molecular weight excluding hydrogens is 146 g/mol. The topological polar surface area (TPSA) is 69.4 Å². The van der Waals surface area contributed by atoms with Crippen LogP contribution in [0.3, 0.4) is 0 Å². The van der Waals surface area contributed by atoms with Gasteiger partial charge in [0.05, 0.1) is 6.61 Å². The Morgan fingerprint density at radius 3 is 2.45 bits per heavy atom. The zero-order chi connectivity index (χ0) is 8.85. The van der Waals surface area contributed by atoms with Crippen LogP contribution in [0.25, 0.3) is 0 Å². The average molecular weight is 159 g/mol. The van der Waals surface area contributed by atoms with Gasteiger partial charge in [0.2, 0.25) is 0 Å². The van der Waals surface area contributed by atoms with Gasteiger partial charge in [-0.15, -0.1) is 0 Å². The monoisotopic (exact) mass is 159 g/mol. The van der Waals surface area contributed by atoms with Crippen molar-refractivity contribution < 1.29 is 14.3 Å². The van der Waals surface area contributed by atoms with E-state index in [-0.39, 0.29) is 5.78 Å². The highest BCUT2D eigenvalue weighted by Crippen LogP contribution is 1.88. The van der Waals surface area contributed by atoms with E-state index >= 15 is 0 Å². The van der Waals surface area contributed by atoms with E-state index in [0.717, 1.165) is 6.42 Å². The fourth-order valence-electron chi connectivity index (χ4n) is 0.458. The van der Waals surface area contributed by atoms with Crippen molar-refractivity contribution in [1.82, 2.24) is 0 Å². The number of nitrogens with two attached hydrogens (primary N) is 1. The summed E-state index contributed by atoms with van der Waals surface area (Å²) in [7, 11) is 0. The molecule has 0 heterocycles. The van der Waals surface area contributed by atoms with Crippen LogP contribution in [0.1, 0.15) is 20.3 Å². The highest BCUT2D eigenvalue weighted by molar-refractivity contribution is 6.01. The largest absolute Gasteiger partial charge is 0.464 e. The van der Waals surface area contributed by atoms with Gasteiger partial charge in [-0.05, 0) is 13.3 Å². The number of ether oxygens (including phenoxy) is 1. The van der Waals surface area contributed by atoms with Gasteiger partial charge in [0, 0.05) is 0 Å². The van der Waals surface area contributed by atoms with Crippen molar-refractivity contribution in [3.63, 3.8) is 0 Å². The minimum Gasteiger partial charge on any atom is -0.464 e. The van der Waals surface area contributed by atoms with Gasteiger partial charge in [-0.3, -0.25) is 4.79 Å². The molecule has 0 bridgehead atoms. The molecule has 0 saturated carbocycles. The molecule has 0 aromatic rings. The van der Waals surface area contributed by atoms with E-state index in [1.165, 1.54) is 6.92 Å². The van der Waals surface area contributed by atoms with Gasteiger partial charge in [0.15, 0.2) is 11.8 Å². The Balaban J connectivity index is 3.74. The van der Waals surface area contributed by atoms with Crippen LogP contribution in [0, 0.1) is 0 Å². The molecule has 0 aliphatic rings. The Morgan fingerprint density at radius 1 is 1.55 bits per heavy atom. The van der Waals surface area contributed by atoms with Crippen LogP contribution in [0.15, 0.2) is 0 Å². The summed E-state index contributed by atoms with van der Waals surface area (Å²) in [6.45, 7) is 3.45. The maximum Gasteiger partial charge on any atom is 0.330 e. The van der Waals surface area contributed by atoms with Crippen molar-refractivity contribution in [2.45, 2.75) is 26.3 Å². The second-order valence-electron chi connectivity index (χ2n) is 2.26. The number of carbonyl (C=O) groups excluding carboxylic acids is 2. The molecule has 1 atom stereocenters. The summed E-state index contributed by atoms with van der Waals surface area (Å²) in [4.78, 5) is 21.3. The molecule has 11 heavy (non-hydrogen) atoms. The third-order valence-electron chi connectivity index (χ3n) is 1.14. The summed E-state index contributed by atoms with van der Waals surface area (Å²) in [6.07, 6.45) is 0.733. The molecule has 0 amide bonds. The summed E-state index contributed by atoms with van der Waals surface area (Å²) >= 11 is 0. The molecule has 1 unspecified atom stereocenters. The van der Waals surface area contributed by atoms with Crippen molar-refractivity contribution in [3.8, 4) is 0 Å². The normalized spacial score (nSPS) is 12.3. The Hall–Kier alpha value is -0.900. The van der Waals surface area contributed by atoms with E-state index in [1.54, 1.807) is 0 Å². The van der Waals surface area contributed by atoms with Gasteiger partial charge in [0.25, 0.3) is 0 Å². The first kappa shape index (κ1) is 10.1. The zero-order valence-corrected chi connectivity index (χ0v) is 6.79. The smallest absolute Gasteiger partial charge is 0.330 e. The minimum atomic E-state index is -1.11. The van der Waals surface area contributed by atoms with Crippen LogP contribution < -0.4 is 5.73 Å². The molecule has 0 aromatic carbocycles. The SMILES string of the molecule is CCCOC(=O)C(N)C(C)=O. The van der Waals surface area contributed by atoms with Crippen LogP contribution in [-0.4, -0.2) is 24.4 Å². The summed E-state index contributed by atoms with van der Waals surface area (Å²) < 4.78 is 4.63. The molecule has 0 spiro atoms. The average Bonchev–Trinajstić information content (AvgIpc) is 1.98. The Kier molecular flexibility index (Phi) is 4.45. The highest BCUT2D eigenvalue weighted by Gasteiger charge is 2.18. The molecule has 0 aliphatic heterocycles. The molecule has 64 valence electrons. The van der Waals surface area contributed by atoms with Crippen molar-refractivity contribution in [2.24, 2.45) is 5.73 Å². The van der Waals surface area contributed by atoms with E-state index in [0.29, 0.717) is 6.61 Å². The number of rotatable bonds is 4. The number of hydrogen-bond donors (Lipinski definition) is 1. The maximum absolute atomic E-state index is 10.8. The lowest BCUT2D eigenvalue weighted by Crippen LogP contribution is -2.38. The van der Waals surface area contributed by atoms with Gasteiger partial charge in [-0.1, -0.05) is 6.92 Å². The van der Waals surface area contributed by atoms with E-state index in [9.17, 15) is 9.59 Å². The van der Waals surface area contributed by atoms with Crippen molar-refractivity contribution in [3.05, 3.63) is 0 Å². The molecular formula is C7H13NO3. The highest BCUT2D eigenvalue weighted by atomic mass is 16.5. The van der Waals surface area contributed by atoms with Crippen LogP contribution in [0.4, 0.5) is 0 Å². The third kappa shape index (κ3) is 3.72. The lowest BCUT2D eigenvalue weighted by molar-refractivity contribution is -0.147. The first-order valence-electron chi connectivity index (χ1n) is 3.52. The molecule has 0 rings (SSSR count). The summed E-state index contributed by atoms with van der Waals surface area (Å²) in [5, 5.41) is 0. The van der Waals surface area contributed by atoms with E-state index in [4.69, 9.17) is 5.73 Å². The standard InChI is InChI=1S/C7H13NO3/c1-3-4-11-7(10)6(8)5(2)9/h6H,3-4,8H2,1-2H3. The predicted octanol–water partition coefficient (Wildman–Crippen LogP) is -0.144. The Morgan fingerprint density at radius 2 is 2.09 bits per heavy atom. The first-order chi connectivity index (χ1) is 5.09. The number of ketones is 1. The Bertz CT molecular complexity index is 156. The van der Waals surface area contributed by atoms with Crippen LogP contribution >= 0.6 is 0 Å². The first-order valence-corrected chi connectivity index (χ1v) is 3.52. The molecule has 0 radical (unpaired) electrons. The lowest BCUT2D eigenvalue weighted by Gasteiger charge is -2.06. The number of carbonyl (C=O) groups is 2. The fraction of sp³-hybridized carbons (Fsp3) is 0.714. The van der Waals surface area contributed by atoms with Crippen molar-refractivity contribution in [1.29, 1.82) is 0 Å². The summed E-state index contributed by atoms with van der Waals surface area (Å²) in [5.74, 6) is -1.01. The number of esters is 1. The number of Topliss-reactive ketones (excluding diaryl/α,β-unsaturated/α-hetero) is 1. The van der Waals surface area contributed by atoms with Gasteiger partial charge >= 0.3 is 5.97 Å². The lowest BCUT2D eigenvalue weighted by atomic mass is 10.2. The zero-order valence-electron chi connectivity index (χ0n) is 6.79. The predicted molar refractivity (Wildman–Crippen MR) is 39.9 cm³/mol. The summed E-state index contributed by atoms with van der Waals surface area (Å²) in [6, 6.07) is -1.11. The minimum absolute atomic E-state index is 0.319. The number of hydrogen-bond acceptors (Lipinski definition) is 4. The third-order valence-corrected chi connectivity index (χ3v) is 1.14. The molecule has 2 N–H and O–H groups in total. The van der Waals surface area contributed by atoms with Crippen LogP contribution in [0.2, 0.25) is 0 Å². The van der Waals surface area contributed by atoms with Crippen LogP contribution in [-0.2, 0) is 14.3 Å². The molecule has 0 aromatic heterocycles. The molecule has 0 saturated heterocycles. The van der Waals surface area contributed by atoms with E-state index in [2.05, 4.69) is 4.74 Å². The molecule has 4 heteroatoms. The van der Waals surface area contributed by atoms with Crippen molar-refractivity contribution in [2.75, 3.05) is 6.61 Å².